The van der Waals surface area contributed by atoms with Crippen molar-refractivity contribution in [3.05, 3.63) is 82.7 Å². The second kappa shape index (κ2) is 11.3. The highest BCUT2D eigenvalue weighted by Crippen LogP contribution is 2.55. The minimum absolute atomic E-state index is 0.0512. The molecule has 1 atom stereocenters. The maximum Gasteiger partial charge on any atom is 0.413 e. The largest absolute Gasteiger partial charge is 0.413 e. The average molecular weight is 648 g/mol. The molecule has 0 spiro atoms. The molecule has 0 radical (unpaired) electrons. The lowest BCUT2D eigenvalue weighted by Crippen LogP contribution is -2.35. The third-order valence-corrected chi connectivity index (χ3v) is 8.60. The van der Waals surface area contributed by atoms with Gasteiger partial charge in [-0.1, -0.05) is 55.8 Å². The van der Waals surface area contributed by atoms with Gasteiger partial charge < -0.3 is 15.2 Å². The SMILES string of the molecule is Cc1c(-c2cn(C)cn2)cccc1C(Nc1cc(Cl)c2ncc(C#N)c(NCC(C)(C)C)c2c1)c1cn(C2(C(F)(F)F)CC2)nn1. The Labute approximate surface area is 269 Å². The van der Waals surface area contributed by atoms with Crippen LogP contribution in [0.25, 0.3) is 22.2 Å². The number of imidazole rings is 1. The number of nitrogens with one attached hydrogen (secondary N) is 2. The summed E-state index contributed by atoms with van der Waals surface area (Å²) < 4.78 is 44.9. The fraction of sp³-hybridized carbons (Fsp3) is 0.364. The van der Waals surface area contributed by atoms with Crippen molar-refractivity contribution in [1.82, 2.24) is 29.5 Å². The number of anilines is 2. The summed E-state index contributed by atoms with van der Waals surface area (Å²) in [7, 11) is 1.88. The molecule has 238 valence electrons. The molecule has 6 rings (SSSR count). The zero-order valence-corrected chi connectivity index (χ0v) is 26.8. The molecule has 1 fully saturated rings. The lowest BCUT2D eigenvalue weighted by atomic mass is 9.93. The van der Waals surface area contributed by atoms with E-state index in [-0.39, 0.29) is 18.3 Å². The van der Waals surface area contributed by atoms with Crippen LogP contribution in [0.3, 0.4) is 0 Å². The molecule has 2 aromatic carbocycles. The van der Waals surface area contributed by atoms with Gasteiger partial charge in [0.2, 0.25) is 0 Å². The standard InChI is InChI=1S/C33H33ClF3N9/c1-19-22(26-15-45(5)18-41-26)7-6-8-23(19)30(27-16-46(44-43-27)32(9-10-32)33(35,36)37)42-21-11-24-28(40-17-31(2,3)4)20(13-38)14-39-29(24)25(34)12-21/h6-8,11-12,14-16,18,30,42H,9-10,17H2,1-5H3,(H,39,40). The van der Waals surface area contributed by atoms with Crippen molar-refractivity contribution in [3.63, 3.8) is 0 Å². The smallest absolute Gasteiger partial charge is 0.383 e. The third kappa shape index (κ3) is 5.75. The summed E-state index contributed by atoms with van der Waals surface area (Å²) in [5.74, 6) is 0. The van der Waals surface area contributed by atoms with Crippen molar-refractivity contribution in [2.75, 3.05) is 17.2 Å². The molecule has 0 bridgehead atoms. The second-order valence-electron chi connectivity index (χ2n) is 13.1. The molecule has 0 aliphatic heterocycles. The molecule has 3 heterocycles. The van der Waals surface area contributed by atoms with Gasteiger partial charge in [0.15, 0.2) is 5.54 Å². The zero-order chi connectivity index (χ0) is 33.0. The van der Waals surface area contributed by atoms with Gasteiger partial charge in [0.05, 0.1) is 46.1 Å². The number of fused-ring (bicyclic) bond motifs is 1. The summed E-state index contributed by atoms with van der Waals surface area (Å²) in [5.41, 5.74) is 3.51. The van der Waals surface area contributed by atoms with Crippen LogP contribution in [0, 0.1) is 23.7 Å². The van der Waals surface area contributed by atoms with Gasteiger partial charge in [0.25, 0.3) is 0 Å². The Bertz CT molecular complexity index is 1980. The van der Waals surface area contributed by atoms with Gasteiger partial charge in [-0.2, -0.15) is 18.4 Å². The van der Waals surface area contributed by atoms with Crippen LogP contribution in [-0.4, -0.2) is 42.2 Å². The second-order valence-corrected chi connectivity index (χ2v) is 13.5. The van der Waals surface area contributed by atoms with E-state index in [1.807, 2.05) is 49.0 Å². The summed E-state index contributed by atoms with van der Waals surface area (Å²) in [5, 5.41) is 26.0. The number of nitrogens with zero attached hydrogens (tertiary/aromatic N) is 7. The van der Waals surface area contributed by atoms with Crippen molar-refractivity contribution in [2.45, 2.75) is 58.3 Å². The monoisotopic (exact) mass is 647 g/mol. The number of halogens is 4. The predicted octanol–water partition coefficient (Wildman–Crippen LogP) is 7.77. The Kier molecular flexibility index (Phi) is 7.71. The normalized spacial score (nSPS) is 15.0. The Hall–Kier alpha value is -4.63. The van der Waals surface area contributed by atoms with Crippen LogP contribution < -0.4 is 10.6 Å². The van der Waals surface area contributed by atoms with Crippen molar-refractivity contribution < 1.29 is 13.2 Å². The van der Waals surface area contributed by atoms with Gasteiger partial charge in [-0.05, 0) is 48.4 Å². The van der Waals surface area contributed by atoms with Gasteiger partial charge in [0, 0.05) is 42.6 Å². The first-order chi connectivity index (χ1) is 21.7. The number of nitriles is 1. The number of hydrogen-bond donors (Lipinski definition) is 2. The molecule has 0 amide bonds. The van der Waals surface area contributed by atoms with Crippen LogP contribution in [0.5, 0.6) is 0 Å². The van der Waals surface area contributed by atoms with E-state index in [1.54, 1.807) is 12.4 Å². The molecule has 3 aromatic heterocycles. The highest BCUT2D eigenvalue weighted by atomic mass is 35.5. The Morgan fingerprint density at radius 2 is 1.89 bits per heavy atom. The maximum atomic E-state index is 14.0. The van der Waals surface area contributed by atoms with Crippen LogP contribution in [0.4, 0.5) is 24.5 Å². The fourth-order valence-corrected chi connectivity index (χ4v) is 5.89. The van der Waals surface area contributed by atoms with Gasteiger partial charge in [-0.15, -0.1) is 5.10 Å². The molecule has 1 saturated carbocycles. The summed E-state index contributed by atoms with van der Waals surface area (Å²) in [6.45, 7) is 8.78. The molecule has 2 N–H and O–H groups in total. The van der Waals surface area contributed by atoms with E-state index >= 15 is 0 Å². The van der Waals surface area contributed by atoms with E-state index in [0.29, 0.717) is 45.1 Å². The van der Waals surface area contributed by atoms with Gasteiger partial charge in [-0.25, -0.2) is 9.67 Å². The summed E-state index contributed by atoms with van der Waals surface area (Å²) in [4.78, 5) is 8.96. The molecule has 9 nitrogen and oxygen atoms in total. The van der Waals surface area contributed by atoms with E-state index < -0.39 is 17.8 Å². The number of hydrogen-bond acceptors (Lipinski definition) is 7. The van der Waals surface area contributed by atoms with Crippen LogP contribution in [0.2, 0.25) is 5.02 Å². The molecular formula is C33H33ClF3N9. The van der Waals surface area contributed by atoms with Crippen molar-refractivity contribution in [2.24, 2.45) is 12.5 Å². The number of pyridine rings is 1. The van der Waals surface area contributed by atoms with E-state index in [4.69, 9.17) is 11.6 Å². The predicted molar refractivity (Wildman–Crippen MR) is 172 cm³/mol. The molecule has 1 aliphatic carbocycles. The number of aromatic nitrogens is 6. The van der Waals surface area contributed by atoms with Crippen LogP contribution in [0.15, 0.2) is 55.2 Å². The van der Waals surface area contributed by atoms with Gasteiger partial charge in [0.1, 0.15) is 11.8 Å². The summed E-state index contributed by atoms with van der Waals surface area (Å²) in [6, 6.07) is 10.8. The molecule has 13 heteroatoms. The Morgan fingerprint density at radius 1 is 1.13 bits per heavy atom. The quantitative estimate of drug-likeness (QED) is 0.177. The molecule has 1 aliphatic rings. The first-order valence-electron chi connectivity index (χ1n) is 14.8. The third-order valence-electron chi connectivity index (χ3n) is 8.32. The van der Waals surface area contributed by atoms with Crippen LogP contribution >= 0.6 is 11.6 Å². The lowest BCUT2D eigenvalue weighted by Gasteiger charge is -2.23. The van der Waals surface area contributed by atoms with Gasteiger partial charge >= 0.3 is 6.18 Å². The maximum absolute atomic E-state index is 14.0. The van der Waals surface area contributed by atoms with Crippen molar-refractivity contribution in [3.8, 4) is 17.3 Å². The summed E-state index contributed by atoms with van der Waals surface area (Å²) >= 11 is 6.78. The van der Waals surface area contributed by atoms with Gasteiger partial charge in [-0.3, -0.25) is 4.98 Å². The molecule has 1 unspecified atom stereocenters. The first kappa shape index (κ1) is 31.4. The van der Waals surface area contributed by atoms with Crippen molar-refractivity contribution >= 4 is 33.9 Å². The Balaban J connectivity index is 1.48. The fourth-order valence-electron chi connectivity index (χ4n) is 5.62. The number of benzene rings is 2. The Morgan fingerprint density at radius 3 is 2.52 bits per heavy atom. The van der Waals surface area contributed by atoms with E-state index in [1.165, 1.54) is 12.4 Å². The first-order valence-corrected chi connectivity index (χ1v) is 15.2. The highest BCUT2D eigenvalue weighted by Gasteiger charge is 2.66. The van der Waals surface area contributed by atoms with E-state index in [9.17, 15) is 18.4 Å². The molecule has 5 aromatic rings. The van der Waals surface area contributed by atoms with E-state index in [0.717, 1.165) is 27.1 Å². The average Bonchev–Trinajstić information content (AvgIpc) is 3.48. The lowest BCUT2D eigenvalue weighted by molar-refractivity contribution is -0.182. The number of aryl methyl sites for hydroxylation is 1. The van der Waals surface area contributed by atoms with Crippen molar-refractivity contribution in [1.29, 1.82) is 5.26 Å². The zero-order valence-electron chi connectivity index (χ0n) is 26.0. The highest BCUT2D eigenvalue weighted by molar-refractivity contribution is 6.35. The minimum Gasteiger partial charge on any atom is -0.383 e. The van der Waals surface area contributed by atoms with E-state index in [2.05, 4.69) is 57.8 Å². The van der Waals surface area contributed by atoms with Crippen LogP contribution in [0.1, 0.15) is 62.0 Å². The van der Waals surface area contributed by atoms with Crippen LogP contribution in [-0.2, 0) is 12.6 Å². The topological polar surface area (TPSA) is 109 Å². The number of rotatable bonds is 8. The minimum atomic E-state index is -4.45. The molecular weight excluding hydrogens is 615 g/mol. The molecule has 0 saturated heterocycles. The number of alkyl halides is 3. The summed E-state index contributed by atoms with van der Waals surface area (Å²) in [6.07, 6.45) is 1.92. The molecule has 46 heavy (non-hydrogen) atoms.